The zero-order valence-electron chi connectivity index (χ0n) is 14.9. The fourth-order valence-corrected chi connectivity index (χ4v) is 3.42. The molecule has 0 aromatic heterocycles. The minimum Gasteiger partial charge on any atom is -0.338 e. The number of hydrogen-bond acceptors (Lipinski definition) is 2. The van der Waals surface area contributed by atoms with Crippen molar-refractivity contribution in [2.75, 3.05) is 6.54 Å². The molecule has 1 amide bonds. The van der Waals surface area contributed by atoms with Crippen LogP contribution in [0.5, 0.6) is 0 Å². The van der Waals surface area contributed by atoms with E-state index < -0.39 is 11.7 Å². The van der Waals surface area contributed by atoms with Crippen molar-refractivity contribution in [2.24, 2.45) is 11.7 Å². The van der Waals surface area contributed by atoms with Gasteiger partial charge in [-0.15, -0.1) is 0 Å². The van der Waals surface area contributed by atoms with Crippen molar-refractivity contribution in [3.05, 3.63) is 34.9 Å². The Kier molecular flexibility index (Phi) is 6.49. The molecule has 2 aliphatic rings. The highest BCUT2D eigenvalue weighted by Gasteiger charge is 2.34. The van der Waals surface area contributed by atoms with Crippen LogP contribution in [-0.4, -0.2) is 23.4 Å². The topological polar surface area (TPSA) is 46.3 Å². The number of rotatable bonds is 1. The summed E-state index contributed by atoms with van der Waals surface area (Å²) in [6.07, 6.45) is -0.173. The molecular formula is C19H27F3N2O. The third-order valence-electron chi connectivity index (χ3n) is 4.68. The standard InChI is InChI=1S/C16H19F3N2O.C3H8/c17-16(18,19)13-3-1-10-5-6-21(9-12(10)7-13)15(22)11-2-4-14(20)8-11;1-3-2/h1,3,7,11,14H,2,4-6,8-9,20H2;3H2,1-2H3/t11-,14+;/m0./s1. The number of nitrogens with two attached hydrogens (primary N) is 1. The van der Waals surface area contributed by atoms with Crippen molar-refractivity contribution in [3.63, 3.8) is 0 Å². The van der Waals surface area contributed by atoms with Crippen molar-refractivity contribution in [1.82, 2.24) is 4.90 Å². The number of carbonyl (C=O) groups is 1. The normalized spacial score (nSPS) is 22.9. The van der Waals surface area contributed by atoms with Crippen molar-refractivity contribution in [2.45, 2.75) is 64.7 Å². The Morgan fingerprint density at radius 1 is 1.24 bits per heavy atom. The summed E-state index contributed by atoms with van der Waals surface area (Å²) >= 11 is 0. The van der Waals surface area contributed by atoms with Gasteiger partial charge in [-0.1, -0.05) is 26.3 Å². The Bertz CT molecular complexity index is 601. The summed E-state index contributed by atoms with van der Waals surface area (Å²) in [5.41, 5.74) is 6.70. The van der Waals surface area contributed by atoms with Gasteiger partial charge in [0.25, 0.3) is 0 Å². The van der Waals surface area contributed by atoms with Crippen LogP contribution in [0.4, 0.5) is 13.2 Å². The highest BCUT2D eigenvalue weighted by molar-refractivity contribution is 5.79. The molecule has 0 radical (unpaired) electrons. The van der Waals surface area contributed by atoms with Gasteiger partial charge in [-0.05, 0) is 48.9 Å². The number of amides is 1. The fraction of sp³-hybridized carbons (Fsp3) is 0.632. The largest absolute Gasteiger partial charge is 0.416 e. The first kappa shape index (κ1) is 19.8. The van der Waals surface area contributed by atoms with E-state index in [-0.39, 0.29) is 24.4 Å². The Hall–Kier alpha value is -1.56. The molecule has 1 aromatic rings. The smallest absolute Gasteiger partial charge is 0.338 e. The van der Waals surface area contributed by atoms with Crippen LogP contribution in [0.1, 0.15) is 56.2 Å². The van der Waals surface area contributed by atoms with Gasteiger partial charge in [0.15, 0.2) is 0 Å². The molecule has 0 bridgehead atoms. The van der Waals surface area contributed by atoms with Crippen molar-refractivity contribution in [3.8, 4) is 0 Å². The minimum absolute atomic E-state index is 0.0380. The zero-order chi connectivity index (χ0) is 18.6. The van der Waals surface area contributed by atoms with Gasteiger partial charge in [0.05, 0.1) is 5.56 Å². The molecule has 2 N–H and O–H groups in total. The summed E-state index contributed by atoms with van der Waals surface area (Å²) < 4.78 is 38.4. The van der Waals surface area contributed by atoms with Crippen LogP contribution in [0.15, 0.2) is 18.2 Å². The summed E-state index contributed by atoms with van der Waals surface area (Å²) in [7, 11) is 0. The van der Waals surface area contributed by atoms with E-state index >= 15 is 0 Å². The Morgan fingerprint density at radius 2 is 1.92 bits per heavy atom. The molecule has 0 spiro atoms. The molecule has 0 unspecified atom stereocenters. The maximum atomic E-state index is 12.8. The SMILES string of the molecule is CCC.N[C@@H]1CC[C@H](C(=O)N2CCc3ccc(C(F)(F)F)cc3C2)C1. The lowest BCUT2D eigenvalue weighted by Gasteiger charge is -2.31. The number of alkyl halides is 3. The number of fused-ring (bicyclic) bond motifs is 1. The summed E-state index contributed by atoms with van der Waals surface area (Å²) in [6.45, 7) is 5.09. The van der Waals surface area contributed by atoms with Crippen LogP contribution < -0.4 is 5.73 Å². The molecule has 1 aromatic carbocycles. The molecule has 1 aliphatic carbocycles. The highest BCUT2D eigenvalue weighted by Crippen LogP contribution is 2.33. The third-order valence-corrected chi connectivity index (χ3v) is 4.68. The summed E-state index contributed by atoms with van der Waals surface area (Å²) in [5.74, 6) is -0.0293. The minimum atomic E-state index is -4.35. The Balaban J connectivity index is 0.000000701. The van der Waals surface area contributed by atoms with Gasteiger partial charge in [0.1, 0.15) is 0 Å². The lowest BCUT2D eigenvalue weighted by Crippen LogP contribution is -2.39. The number of hydrogen-bond donors (Lipinski definition) is 1. The fourth-order valence-electron chi connectivity index (χ4n) is 3.42. The molecule has 6 heteroatoms. The Morgan fingerprint density at radius 3 is 2.48 bits per heavy atom. The first-order valence-electron chi connectivity index (χ1n) is 8.99. The van der Waals surface area contributed by atoms with E-state index in [1.54, 1.807) is 4.90 Å². The number of carbonyl (C=O) groups excluding carboxylic acids is 1. The van der Waals surface area contributed by atoms with Gasteiger partial charge in [-0.25, -0.2) is 0 Å². The van der Waals surface area contributed by atoms with E-state index in [9.17, 15) is 18.0 Å². The molecule has 3 nitrogen and oxygen atoms in total. The van der Waals surface area contributed by atoms with Crippen molar-refractivity contribution < 1.29 is 18.0 Å². The lowest BCUT2D eigenvalue weighted by atomic mass is 9.95. The maximum absolute atomic E-state index is 12.8. The average Bonchev–Trinajstić information content (AvgIpc) is 2.99. The molecule has 1 fully saturated rings. The molecule has 1 heterocycles. The predicted octanol–water partition coefficient (Wildman–Crippen LogP) is 4.13. The molecule has 25 heavy (non-hydrogen) atoms. The van der Waals surface area contributed by atoms with E-state index in [0.29, 0.717) is 24.9 Å². The molecular weight excluding hydrogens is 329 g/mol. The average molecular weight is 356 g/mol. The van der Waals surface area contributed by atoms with Crippen LogP contribution in [0.2, 0.25) is 0 Å². The van der Waals surface area contributed by atoms with Gasteiger partial charge in [0, 0.05) is 25.0 Å². The monoisotopic (exact) mass is 356 g/mol. The maximum Gasteiger partial charge on any atom is 0.416 e. The Labute approximate surface area is 147 Å². The summed E-state index contributed by atoms with van der Waals surface area (Å²) in [5, 5.41) is 0. The first-order valence-corrected chi connectivity index (χ1v) is 8.99. The first-order chi connectivity index (χ1) is 11.8. The van der Waals surface area contributed by atoms with Crippen LogP contribution in [-0.2, 0) is 23.9 Å². The van der Waals surface area contributed by atoms with E-state index in [0.717, 1.165) is 24.5 Å². The van der Waals surface area contributed by atoms with Crippen molar-refractivity contribution >= 4 is 5.91 Å². The molecule has 3 rings (SSSR count). The zero-order valence-corrected chi connectivity index (χ0v) is 14.9. The van der Waals surface area contributed by atoms with Crippen LogP contribution in [0.3, 0.4) is 0 Å². The third kappa shape index (κ3) is 4.97. The second kappa shape index (κ2) is 8.21. The van der Waals surface area contributed by atoms with Crippen LogP contribution in [0, 0.1) is 5.92 Å². The van der Waals surface area contributed by atoms with E-state index in [4.69, 9.17) is 5.73 Å². The van der Waals surface area contributed by atoms with Gasteiger partial charge in [-0.3, -0.25) is 4.79 Å². The number of benzene rings is 1. The number of halogens is 3. The molecule has 2 atom stereocenters. The predicted molar refractivity (Wildman–Crippen MR) is 91.8 cm³/mol. The lowest BCUT2D eigenvalue weighted by molar-refractivity contribution is -0.137. The molecule has 1 aliphatic heterocycles. The van der Waals surface area contributed by atoms with Crippen molar-refractivity contribution in [1.29, 1.82) is 0 Å². The van der Waals surface area contributed by atoms with Crippen LogP contribution >= 0.6 is 0 Å². The summed E-state index contributed by atoms with van der Waals surface area (Å²) in [4.78, 5) is 14.2. The van der Waals surface area contributed by atoms with Gasteiger partial charge < -0.3 is 10.6 Å². The van der Waals surface area contributed by atoms with E-state index in [2.05, 4.69) is 13.8 Å². The molecule has 0 saturated heterocycles. The van der Waals surface area contributed by atoms with E-state index in [1.807, 2.05) is 0 Å². The van der Waals surface area contributed by atoms with E-state index in [1.165, 1.54) is 18.6 Å². The van der Waals surface area contributed by atoms with Crippen LogP contribution in [0.25, 0.3) is 0 Å². The second-order valence-corrected chi connectivity index (χ2v) is 6.97. The molecule has 1 saturated carbocycles. The highest BCUT2D eigenvalue weighted by atomic mass is 19.4. The quantitative estimate of drug-likeness (QED) is 0.822. The number of nitrogens with zero attached hydrogens (tertiary/aromatic N) is 1. The van der Waals surface area contributed by atoms with Gasteiger partial charge >= 0.3 is 6.18 Å². The van der Waals surface area contributed by atoms with Gasteiger partial charge in [0.2, 0.25) is 5.91 Å². The molecule has 140 valence electrons. The van der Waals surface area contributed by atoms with Gasteiger partial charge in [-0.2, -0.15) is 13.2 Å². The summed E-state index contributed by atoms with van der Waals surface area (Å²) in [6, 6.07) is 3.90. The second-order valence-electron chi connectivity index (χ2n) is 6.97.